The van der Waals surface area contributed by atoms with Gasteiger partial charge in [0.25, 0.3) is 5.56 Å². The second-order valence-electron chi connectivity index (χ2n) is 9.57. The molecular formula is C29H36N2O3. The molecular weight excluding hydrogens is 424 g/mol. The van der Waals surface area contributed by atoms with Gasteiger partial charge < -0.3 is 9.30 Å². The van der Waals surface area contributed by atoms with Crippen LogP contribution in [0.3, 0.4) is 0 Å². The second-order valence-corrected chi connectivity index (χ2v) is 9.57. The van der Waals surface area contributed by atoms with Gasteiger partial charge in [-0.3, -0.25) is 9.69 Å². The van der Waals surface area contributed by atoms with Crippen LogP contribution in [0.4, 0.5) is 0 Å². The van der Waals surface area contributed by atoms with Crippen LogP contribution in [0.15, 0.2) is 59.4 Å². The molecule has 180 valence electrons. The predicted octanol–water partition coefficient (Wildman–Crippen LogP) is 5.89. The molecule has 0 N–H and O–H groups in total. The fourth-order valence-corrected chi connectivity index (χ4v) is 5.34. The maximum Gasteiger partial charge on any atom is 0.337 e. The molecule has 1 aliphatic heterocycles. The Bertz CT molecular complexity index is 1190. The quantitative estimate of drug-likeness (QED) is 0.311. The Hall–Kier alpha value is -2.92. The van der Waals surface area contributed by atoms with Crippen molar-refractivity contribution in [1.29, 1.82) is 0 Å². The molecule has 2 heterocycles. The fraction of sp³-hybridized carbons (Fsp3) is 0.448. The smallest absolute Gasteiger partial charge is 0.337 e. The van der Waals surface area contributed by atoms with Gasteiger partial charge in [0, 0.05) is 24.2 Å². The van der Waals surface area contributed by atoms with E-state index in [1.54, 1.807) is 18.2 Å². The van der Waals surface area contributed by atoms with E-state index in [-0.39, 0.29) is 5.56 Å². The number of fused-ring (bicyclic) bond motifs is 1. The van der Waals surface area contributed by atoms with Gasteiger partial charge in [-0.15, -0.1) is 0 Å². The van der Waals surface area contributed by atoms with Crippen molar-refractivity contribution >= 4 is 16.9 Å². The predicted molar refractivity (Wildman–Crippen MR) is 138 cm³/mol. The van der Waals surface area contributed by atoms with Crippen LogP contribution in [0.5, 0.6) is 0 Å². The number of aromatic nitrogens is 1. The van der Waals surface area contributed by atoms with Crippen molar-refractivity contribution < 1.29 is 9.53 Å². The molecule has 1 aliphatic rings. The summed E-state index contributed by atoms with van der Waals surface area (Å²) >= 11 is 0. The van der Waals surface area contributed by atoms with Gasteiger partial charge in [-0.25, -0.2) is 4.79 Å². The molecule has 0 aliphatic carbocycles. The highest BCUT2D eigenvalue weighted by atomic mass is 16.5. The molecule has 0 radical (unpaired) electrons. The number of nitrogens with zero attached hydrogens (tertiary/aromatic N) is 2. The summed E-state index contributed by atoms with van der Waals surface area (Å²) in [6, 6.07) is 18.4. The first-order valence-electron chi connectivity index (χ1n) is 12.6. The molecule has 3 aromatic rings. The Morgan fingerprint density at radius 1 is 0.941 bits per heavy atom. The lowest BCUT2D eigenvalue weighted by molar-refractivity contribution is 0.0601. The minimum absolute atomic E-state index is 0.0148. The summed E-state index contributed by atoms with van der Waals surface area (Å²) in [5.41, 5.74) is 2.74. The van der Waals surface area contributed by atoms with Gasteiger partial charge in [-0.1, -0.05) is 43.2 Å². The molecule has 2 unspecified atom stereocenters. The molecule has 1 fully saturated rings. The van der Waals surface area contributed by atoms with Crippen LogP contribution in [-0.4, -0.2) is 41.2 Å². The molecule has 1 saturated heterocycles. The van der Waals surface area contributed by atoms with Gasteiger partial charge in [0.2, 0.25) is 0 Å². The van der Waals surface area contributed by atoms with Crippen molar-refractivity contribution in [3.63, 3.8) is 0 Å². The van der Waals surface area contributed by atoms with Crippen molar-refractivity contribution in [2.24, 2.45) is 0 Å². The number of hydrogen-bond donors (Lipinski definition) is 0. The van der Waals surface area contributed by atoms with E-state index in [0.29, 0.717) is 29.8 Å². The number of likely N-dealkylation sites (tertiary alicyclic amines) is 1. The maximum absolute atomic E-state index is 13.6. The van der Waals surface area contributed by atoms with Crippen molar-refractivity contribution in [1.82, 2.24) is 9.47 Å². The van der Waals surface area contributed by atoms with Gasteiger partial charge >= 0.3 is 5.97 Å². The number of methoxy groups -OCH3 is 1. The minimum atomic E-state index is -0.402. The third-order valence-corrected chi connectivity index (χ3v) is 7.27. The maximum atomic E-state index is 13.6. The number of para-hydroxylation sites is 1. The topological polar surface area (TPSA) is 51.5 Å². The third kappa shape index (κ3) is 5.25. The monoisotopic (exact) mass is 460 g/mol. The first kappa shape index (κ1) is 24.2. The van der Waals surface area contributed by atoms with E-state index in [2.05, 4.69) is 18.7 Å². The molecule has 34 heavy (non-hydrogen) atoms. The van der Waals surface area contributed by atoms with Gasteiger partial charge in [-0.05, 0) is 81.3 Å². The van der Waals surface area contributed by atoms with Crippen molar-refractivity contribution in [3.05, 3.63) is 70.5 Å². The van der Waals surface area contributed by atoms with Crippen LogP contribution in [0, 0.1) is 0 Å². The number of esters is 1. The first-order valence-corrected chi connectivity index (χ1v) is 12.6. The number of pyridine rings is 1. The molecule has 0 amide bonds. The molecule has 0 spiro atoms. The Labute approximate surface area is 202 Å². The molecule has 2 atom stereocenters. The summed E-state index contributed by atoms with van der Waals surface area (Å²) in [6.45, 7) is 6.53. The van der Waals surface area contributed by atoms with E-state index in [1.807, 2.05) is 41.0 Å². The molecule has 0 saturated carbocycles. The zero-order chi connectivity index (χ0) is 24.1. The number of rotatable bonds is 8. The summed E-state index contributed by atoms with van der Waals surface area (Å²) in [5, 5.41) is 1.02. The molecule has 2 aromatic carbocycles. The van der Waals surface area contributed by atoms with Gasteiger partial charge in [0.15, 0.2) is 0 Å². The lowest BCUT2D eigenvalue weighted by Gasteiger charge is -2.39. The van der Waals surface area contributed by atoms with Crippen LogP contribution in [0.1, 0.15) is 62.7 Å². The average Bonchev–Trinajstić information content (AvgIpc) is 2.85. The number of carbonyl (C=O) groups is 1. The molecule has 4 rings (SSSR count). The van der Waals surface area contributed by atoms with Gasteiger partial charge in [0.05, 0.1) is 18.2 Å². The number of aryl methyl sites for hydroxylation is 1. The van der Waals surface area contributed by atoms with E-state index in [0.717, 1.165) is 42.3 Å². The van der Waals surface area contributed by atoms with E-state index in [4.69, 9.17) is 4.74 Å². The van der Waals surface area contributed by atoms with Crippen LogP contribution in [-0.2, 0) is 11.3 Å². The highest BCUT2D eigenvalue weighted by Crippen LogP contribution is 2.24. The first-order chi connectivity index (χ1) is 16.5. The highest BCUT2D eigenvalue weighted by Gasteiger charge is 2.23. The molecule has 1 aromatic heterocycles. The zero-order valence-electron chi connectivity index (χ0n) is 20.6. The highest BCUT2D eigenvalue weighted by molar-refractivity contribution is 5.91. The standard InChI is InChI=1S/C29H36N2O3/c1-21-11-9-12-22(2)30(21)17-7-4-8-18-31-27-16-6-5-13-24(27)20-26(28(31)32)23-14-10-15-25(19-23)29(33)34-3/h5-6,10,13-16,19-22H,4,7-9,11-12,17-18H2,1-3H3. The van der Waals surface area contributed by atoms with E-state index in [9.17, 15) is 9.59 Å². The number of hydrogen-bond acceptors (Lipinski definition) is 4. The lowest BCUT2D eigenvalue weighted by atomic mass is 9.97. The molecule has 0 bridgehead atoms. The third-order valence-electron chi connectivity index (χ3n) is 7.27. The summed E-state index contributed by atoms with van der Waals surface area (Å²) < 4.78 is 6.76. The number of carbonyl (C=O) groups excluding carboxylic acids is 1. The second kappa shape index (κ2) is 11.0. The molecule has 5 heteroatoms. The fourth-order valence-electron chi connectivity index (χ4n) is 5.34. The van der Waals surface area contributed by atoms with E-state index < -0.39 is 5.97 Å². The van der Waals surface area contributed by atoms with Crippen molar-refractivity contribution in [2.75, 3.05) is 13.7 Å². The van der Waals surface area contributed by atoms with Crippen molar-refractivity contribution in [3.8, 4) is 11.1 Å². The normalized spacial score (nSPS) is 18.8. The Morgan fingerprint density at radius 2 is 1.68 bits per heavy atom. The number of ether oxygens (including phenoxy) is 1. The SMILES string of the molecule is COC(=O)c1cccc(-c2cc3ccccc3n(CCCCCN3C(C)CCCC3C)c2=O)c1. The van der Waals surface area contributed by atoms with Crippen LogP contribution in [0.2, 0.25) is 0 Å². The Kier molecular flexibility index (Phi) is 7.84. The average molecular weight is 461 g/mol. The summed E-state index contributed by atoms with van der Waals surface area (Å²) in [7, 11) is 1.37. The van der Waals surface area contributed by atoms with Crippen LogP contribution < -0.4 is 5.56 Å². The Morgan fingerprint density at radius 3 is 2.44 bits per heavy atom. The van der Waals surface area contributed by atoms with Gasteiger partial charge in [0.1, 0.15) is 0 Å². The van der Waals surface area contributed by atoms with Crippen molar-refractivity contribution in [2.45, 2.75) is 71.0 Å². The summed E-state index contributed by atoms with van der Waals surface area (Å²) in [5.74, 6) is -0.402. The number of piperidine rings is 1. The van der Waals surface area contributed by atoms with E-state index >= 15 is 0 Å². The van der Waals surface area contributed by atoms with Gasteiger partial charge in [-0.2, -0.15) is 0 Å². The largest absolute Gasteiger partial charge is 0.465 e. The zero-order valence-corrected chi connectivity index (χ0v) is 20.6. The number of benzene rings is 2. The van der Waals surface area contributed by atoms with E-state index in [1.165, 1.54) is 26.4 Å². The van der Waals surface area contributed by atoms with Crippen LogP contribution >= 0.6 is 0 Å². The Balaban J connectivity index is 1.53. The lowest BCUT2D eigenvalue weighted by Crippen LogP contribution is -2.44. The summed E-state index contributed by atoms with van der Waals surface area (Å²) in [6.07, 6.45) is 7.16. The summed E-state index contributed by atoms with van der Waals surface area (Å²) in [4.78, 5) is 28.2. The number of unbranched alkanes of at least 4 members (excludes halogenated alkanes) is 2. The minimum Gasteiger partial charge on any atom is -0.465 e. The molecule has 5 nitrogen and oxygen atoms in total. The van der Waals surface area contributed by atoms with Crippen LogP contribution in [0.25, 0.3) is 22.0 Å².